The van der Waals surface area contributed by atoms with Crippen molar-refractivity contribution < 1.29 is 14.7 Å². The van der Waals surface area contributed by atoms with Crippen molar-refractivity contribution in [2.45, 2.75) is 0 Å². The van der Waals surface area contributed by atoms with Gasteiger partial charge in [-0.25, -0.2) is 4.79 Å². The number of carbonyl (C=O) groups excluding carboxylic acids is 1. The molecule has 1 N–H and O–H groups in total. The molecule has 0 aromatic heterocycles. The Morgan fingerprint density at radius 3 is 1.95 bits per heavy atom. The molecule has 22 heavy (non-hydrogen) atoms. The monoisotopic (exact) mass is 295 g/mol. The zero-order chi connectivity index (χ0) is 16.1. The number of hydrogen-bond acceptors (Lipinski definition) is 3. The van der Waals surface area contributed by atoms with E-state index in [1.54, 1.807) is 6.08 Å². The van der Waals surface area contributed by atoms with Gasteiger partial charge in [0.05, 0.1) is 5.56 Å². The van der Waals surface area contributed by atoms with Crippen molar-refractivity contribution in [1.29, 1.82) is 0 Å². The molecule has 0 radical (unpaired) electrons. The summed E-state index contributed by atoms with van der Waals surface area (Å²) in [6.07, 6.45) is 3.23. The topological polar surface area (TPSA) is 57.6 Å². The predicted molar refractivity (Wildman–Crippen MR) is 87.5 cm³/mol. The molecule has 112 valence electrons. The molecule has 0 aliphatic heterocycles. The second kappa shape index (κ2) is 6.72. The number of allylic oxidation sites excluding steroid dienone is 1. The van der Waals surface area contributed by atoms with Crippen molar-refractivity contribution in [3.05, 3.63) is 71.3 Å². The van der Waals surface area contributed by atoms with Gasteiger partial charge < -0.3 is 10.0 Å². The second-order valence-corrected chi connectivity index (χ2v) is 5.07. The lowest BCUT2D eigenvalue weighted by Crippen LogP contribution is -2.07. The Kier molecular flexibility index (Phi) is 4.73. The van der Waals surface area contributed by atoms with Gasteiger partial charge in [0.25, 0.3) is 0 Å². The van der Waals surface area contributed by atoms with Gasteiger partial charge in [0.1, 0.15) is 0 Å². The maximum absolute atomic E-state index is 12.0. The molecule has 0 saturated carbocycles. The average Bonchev–Trinajstić information content (AvgIpc) is 2.53. The highest BCUT2D eigenvalue weighted by atomic mass is 16.4. The standard InChI is InChI=1S/C18H17NO3/c1-19(2)16-10-3-13(4-11-16)5-12-17(20)14-6-8-15(9-7-14)18(21)22/h3-12H,1-2H3,(H,21,22). The van der Waals surface area contributed by atoms with Gasteiger partial charge in [-0.3, -0.25) is 4.79 Å². The van der Waals surface area contributed by atoms with Crippen LogP contribution >= 0.6 is 0 Å². The van der Waals surface area contributed by atoms with E-state index in [4.69, 9.17) is 5.11 Å². The highest BCUT2D eigenvalue weighted by Gasteiger charge is 2.05. The van der Waals surface area contributed by atoms with Gasteiger partial charge in [0.15, 0.2) is 5.78 Å². The van der Waals surface area contributed by atoms with Crippen molar-refractivity contribution >= 4 is 23.5 Å². The summed E-state index contributed by atoms with van der Waals surface area (Å²) in [6, 6.07) is 13.7. The summed E-state index contributed by atoms with van der Waals surface area (Å²) in [6.45, 7) is 0. The van der Waals surface area contributed by atoms with Crippen LogP contribution in [0.15, 0.2) is 54.6 Å². The molecule has 0 fully saturated rings. The molecule has 2 aromatic rings. The Morgan fingerprint density at radius 2 is 1.45 bits per heavy atom. The van der Waals surface area contributed by atoms with Gasteiger partial charge in [-0.1, -0.05) is 30.3 Å². The number of nitrogens with zero attached hydrogens (tertiary/aromatic N) is 1. The number of benzene rings is 2. The van der Waals surface area contributed by atoms with Gasteiger partial charge in [0.2, 0.25) is 0 Å². The third-order valence-electron chi connectivity index (χ3n) is 3.25. The molecule has 0 atom stereocenters. The number of ketones is 1. The Hall–Kier alpha value is -2.88. The summed E-state index contributed by atoms with van der Waals surface area (Å²) in [5.74, 6) is -1.16. The van der Waals surface area contributed by atoms with E-state index in [0.29, 0.717) is 5.56 Å². The molecule has 0 bridgehead atoms. The molecule has 0 aliphatic carbocycles. The predicted octanol–water partition coefficient (Wildman–Crippen LogP) is 3.35. The number of carbonyl (C=O) groups is 2. The zero-order valence-corrected chi connectivity index (χ0v) is 12.5. The van der Waals surface area contributed by atoms with Gasteiger partial charge in [-0.2, -0.15) is 0 Å². The molecule has 4 heteroatoms. The van der Waals surface area contributed by atoms with Crippen molar-refractivity contribution in [2.75, 3.05) is 19.0 Å². The van der Waals surface area contributed by atoms with Crippen molar-refractivity contribution in [1.82, 2.24) is 0 Å². The number of rotatable bonds is 5. The lowest BCUT2D eigenvalue weighted by Gasteiger charge is -2.11. The summed E-state index contributed by atoms with van der Waals surface area (Å²) in [7, 11) is 3.93. The van der Waals surface area contributed by atoms with Crippen LogP contribution < -0.4 is 4.90 Å². The van der Waals surface area contributed by atoms with Gasteiger partial charge in [0, 0.05) is 25.3 Å². The first-order chi connectivity index (χ1) is 10.5. The van der Waals surface area contributed by atoms with E-state index < -0.39 is 5.97 Å². The Bertz CT molecular complexity index is 698. The summed E-state index contributed by atoms with van der Waals surface area (Å²) in [5, 5.41) is 8.83. The summed E-state index contributed by atoms with van der Waals surface area (Å²) in [5.41, 5.74) is 2.65. The Morgan fingerprint density at radius 1 is 0.909 bits per heavy atom. The third-order valence-corrected chi connectivity index (χ3v) is 3.25. The van der Waals surface area contributed by atoms with E-state index in [1.165, 1.54) is 30.3 Å². The first-order valence-electron chi connectivity index (χ1n) is 6.80. The lowest BCUT2D eigenvalue weighted by molar-refractivity contribution is 0.0696. The normalized spacial score (nSPS) is 10.6. The highest BCUT2D eigenvalue weighted by molar-refractivity contribution is 6.07. The van der Waals surface area contributed by atoms with E-state index in [0.717, 1.165) is 11.3 Å². The molecule has 0 aliphatic rings. The SMILES string of the molecule is CN(C)c1ccc(C=CC(=O)c2ccc(C(=O)O)cc2)cc1. The first kappa shape index (κ1) is 15.5. The van der Waals surface area contributed by atoms with Crippen LogP contribution in [0.25, 0.3) is 6.08 Å². The number of anilines is 1. The number of hydrogen-bond donors (Lipinski definition) is 1. The van der Waals surface area contributed by atoms with E-state index in [-0.39, 0.29) is 11.3 Å². The fraction of sp³-hybridized carbons (Fsp3) is 0.111. The molecule has 0 amide bonds. The summed E-state index contributed by atoms with van der Waals surface area (Å²) >= 11 is 0. The number of carboxylic acid groups (broad SMARTS) is 1. The van der Waals surface area contributed by atoms with E-state index in [1.807, 2.05) is 43.3 Å². The molecule has 2 rings (SSSR count). The van der Waals surface area contributed by atoms with Crippen LogP contribution in [0.5, 0.6) is 0 Å². The van der Waals surface area contributed by atoms with Gasteiger partial charge in [-0.15, -0.1) is 0 Å². The third kappa shape index (κ3) is 3.82. The van der Waals surface area contributed by atoms with Crippen molar-refractivity contribution in [2.24, 2.45) is 0 Å². The molecule has 2 aromatic carbocycles. The smallest absolute Gasteiger partial charge is 0.335 e. The van der Waals surface area contributed by atoms with Crippen LogP contribution in [0.4, 0.5) is 5.69 Å². The van der Waals surface area contributed by atoms with E-state index in [9.17, 15) is 9.59 Å². The van der Waals surface area contributed by atoms with Crippen molar-refractivity contribution in [3.63, 3.8) is 0 Å². The number of aromatic carboxylic acids is 1. The minimum absolute atomic E-state index is 0.159. The average molecular weight is 295 g/mol. The Balaban J connectivity index is 2.08. The fourth-order valence-electron chi connectivity index (χ4n) is 1.93. The molecular formula is C18H17NO3. The van der Waals surface area contributed by atoms with E-state index in [2.05, 4.69) is 0 Å². The molecule has 0 heterocycles. The first-order valence-corrected chi connectivity index (χ1v) is 6.80. The molecule has 0 saturated heterocycles. The second-order valence-electron chi connectivity index (χ2n) is 5.07. The minimum atomic E-state index is -1.00. The molecule has 0 spiro atoms. The van der Waals surface area contributed by atoms with Crippen molar-refractivity contribution in [3.8, 4) is 0 Å². The quantitative estimate of drug-likeness (QED) is 0.679. The molecular weight excluding hydrogens is 278 g/mol. The molecule has 0 unspecified atom stereocenters. The lowest BCUT2D eigenvalue weighted by atomic mass is 10.1. The summed E-state index contributed by atoms with van der Waals surface area (Å²) in [4.78, 5) is 24.8. The van der Waals surface area contributed by atoms with E-state index >= 15 is 0 Å². The number of carboxylic acids is 1. The molecule has 4 nitrogen and oxygen atoms in total. The van der Waals surface area contributed by atoms with Gasteiger partial charge in [-0.05, 0) is 35.9 Å². The highest BCUT2D eigenvalue weighted by Crippen LogP contribution is 2.14. The minimum Gasteiger partial charge on any atom is -0.478 e. The maximum Gasteiger partial charge on any atom is 0.335 e. The van der Waals surface area contributed by atoms with Gasteiger partial charge >= 0.3 is 5.97 Å². The largest absolute Gasteiger partial charge is 0.478 e. The van der Waals surface area contributed by atoms with Crippen LogP contribution in [0, 0.1) is 0 Å². The Labute approximate surface area is 129 Å². The summed E-state index contributed by atoms with van der Waals surface area (Å²) < 4.78 is 0. The maximum atomic E-state index is 12.0. The zero-order valence-electron chi connectivity index (χ0n) is 12.5. The fourth-order valence-corrected chi connectivity index (χ4v) is 1.93. The van der Waals surface area contributed by atoms with Crippen LogP contribution in [0.1, 0.15) is 26.3 Å². The van der Waals surface area contributed by atoms with Crippen LogP contribution in [0.3, 0.4) is 0 Å². The van der Waals surface area contributed by atoms with Crippen LogP contribution in [0.2, 0.25) is 0 Å². The van der Waals surface area contributed by atoms with Crippen LogP contribution in [-0.2, 0) is 0 Å². The van der Waals surface area contributed by atoms with Crippen LogP contribution in [-0.4, -0.2) is 31.0 Å².